The van der Waals surface area contributed by atoms with E-state index in [2.05, 4.69) is 30.9 Å². The van der Waals surface area contributed by atoms with Crippen LogP contribution in [0.1, 0.15) is 43.0 Å². The van der Waals surface area contributed by atoms with Crippen LogP contribution in [0.2, 0.25) is 0 Å². The summed E-state index contributed by atoms with van der Waals surface area (Å²) in [6.45, 7) is 2.71. The van der Waals surface area contributed by atoms with Crippen LogP contribution in [0.3, 0.4) is 0 Å². The lowest BCUT2D eigenvalue weighted by atomic mass is 9.93. The number of benzene rings is 1. The molecule has 0 radical (unpaired) electrons. The maximum absolute atomic E-state index is 12.0. The molecular formula is C20H24N6O. The van der Waals surface area contributed by atoms with Gasteiger partial charge in [0.05, 0.1) is 5.39 Å². The fourth-order valence-corrected chi connectivity index (χ4v) is 3.03. The molecule has 2 heterocycles. The van der Waals surface area contributed by atoms with E-state index in [-0.39, 0.29) is 5.91 Å². The molecule has 0 atom stereocenters. The first kappa shape index (κ1) is 17.3. The SMILES string of the molecule is CCCNC(=O)c1ccc(Nc2nc(NC3CCC3)c3cc[nH]c3n2)cc1. The number of anilines is 3. The van der Waals surface area contributed by atoms with Crippen molar-refractivity contribution >= 4 is 34.4 Å². The van der Waals surface area contributed by atoms with Crippen molar-refractivity contribution in [2.24, 2.45) is 0 Å². The number of carbonyl (C=O) groups excluding carboxylic acids is 1. The Labute approximate surface area is 158 Å². The zero-order valence-corrected chi connectivity index (χ0v) is 15.4. The van der Waals surface area contributed by atoms with Crippen LogP contribution in [0.5, 0.6) is 0 Å². The van der Waals surface area contributed by atoms with Crippen LogP contribution >= 0.6 is 0 Å². The molecule has 0 bridgehead atoms. The average molecular weight is 364 g/mol. The van der Waals surface area contributed by atoms with Gasteiger partial charge in [0.1, 0.15) is 11.5 Å². The van der Waals surface area contributed by atoms with E-state index < -0.39 is 0 Å². The largest absolute Gasteiger partial charge is 0.367 e. The summed E-state index contributed by atoms with van der Waals surface area (Å²) in [6.07, 6.45) is 6.42. The maximum Gasteiger partial charge on any atom is 0.251 e. The number of aromatic nitrogens is 3. The minimum atomic E-state index is -0.0561. The van der Waals surface area contributed by atoms with Crippen molar-refractivity contribution in [3.05, 3.63) is 42.1 Å². The van der Waals surface area contributed by atoms with Gasteiger partial charge in [-0.05, 0) is 56.0 Å². The molecular weight excluding hydrogens is 340 g/mol. The third kappa shape index (κ3) is 3.86. The maximum atomic E-state index is 12.0. The van der Waals surface area contributed by atoms with Crippen molar-refractivity contribution in [1.29, 1.82) is 0 Å². The highest BCUT2D eigenvalue weighted by molar-refractivity contribution is 5.94. The average Bonchev–Trinajstić information content (AvgIpc) is 3.12. The van der Waals surface area contributed by atoms with Gasteiger partial charge in [-0.3, -0.25) is 4.79 Å². The van der Waals surface area contributed by atoms with Crippen molar-refractivity contribution < 1.29 is 4.79 Å². The first-order valence-corrected chi connectivity index (χ1v) is 9.50. The van der Waals surface area contributed by atoms with Gasteiger partial charge in [0.15, 0.2) is 0 Å². The zero-order chi connectivity index (χ0) is 18.6. The molecule has 1 aliphatic carbocycles. The van der Waals surface area contributed by atoms with E-state index in [0.717, 1.165) is 29.0 Å². The summed E-state index contributed by atoms with van der Waals surface area (Å²) >= 11 is 0. The van der Waals surface area contributed by atoms with Crippen molar-refractivity contribution in [2.45, 2.75) is 38.6 Å². The Hall–Kier alpha value is -3.09. The van der Waals surface area contributed by atoms with Gasteiger partial charge >= 0.3 is 0 Å². The second-order valence-electron chi connectivity index (χ2n) is 6.87. The van der Waals surface area contributed by atoms with E-state index in [1.165, 1.54) is 19.3 Å². The van der Waals surface area contributed by atoms with Crippen LogP contribution in [0.15, 0.2) is 36.5 Å². The second kappa shape index (κ2) is 7.65. The molecule has 1 aromatic carbocycles. The van der Waals surface area contributed by atoms with E-state index in [1.807, 2.05) is 31.3 Å². The molecule has 4 rings (SSSR count). The van der Waals surface area contributed by atoms with Crippen molar-refractivity contribution in [2.75, 3.05) is 17.2 Å². The van der Waals surface area contributed by atoms with Crippen LogP contribution in [-0.2, 0) is 0 Å². The molecule has 1 fully saturated rings. The molecule has 27 heavy (non-hydrogen) atoms. The van der Waals surface area contributed by atoms with E-state index in [9.17, 15) is 4.79 Å². The highest BCUT2D eigenvalue weighted by Crippen LogP contribution is 2.28. The molecule has 7 heteroatoms. The van der Waals surface area contributed by atoms with Gasteiger partial charge in [-0.15, -0.1) is 0 Å². The molecule has 3 aromatic rings. The fraction of sp³-hybridized carbons (Fsp3) is 0.350. The van der Waals surface area contributed by atoms with Crippen LogP contribution in [0.4, 0.5) is 17.5 Å². The number of H-pyrrole nitrogens is 1. The van der Waals surface area contributed by atoms with Crippen LogP contribution in [0, 0.1) is 0 Å². The summed E-state index contributed by atoms with van der Waals surface area (Å²) in [5.74, 6) is 1.32. The topological polar surface area (TPSA) is 94.7 Å². The molecule has 0 spiro atoms. The number of aromatic amines is 1. The number of fused-ring (bicyclic) bond motifs is 1. The Kier molecular flexibility index (Phi) is 4.91. The predicted octanol–water partition coefficient (Wildman–Crippen LogP) is 3.81. The molecule has 140 valence electrons. The number of amides is 1. The standard InChI is InChI=1S/C20H24N6O/c1-2-11-22-19(27)13-6-8-15(9-7-13)24-20-25-17-16(10-12-21-17)18(26-20)23-14-4-3-5-14/h6-10,12,14H,2-5,11H2,1H3,(H,22,27)(H3,21,23,24,25,26). The number of hydrogen-bond acceptors (Lipinski definition) is 5. The fourth-order valence-electron chi connectivity index (χ4n) is 3.03. The zero-order valence-electron chi connectivity index (χ0n) is 15.4. The van der Waals surface area contributed by atoms with Crippen LogP contribution < -0.4 is 16.0 Å². The number of hydrogen-bond donors (Lipinski definition) is 4. The van der Waals surface area contributed by atoms with Crippen molar-refractivity contribution in [3.63, 3.8) is 0 Å². The number of rotatable bonds is 7. The molecule has 0 saturated heterocycles. The Balaban J connectivity index is 1.51. The van der Waals surface area contributed by atoms with E-state index >= 15 is 0 Å². The first-order valence-electron chi connectivity index (χ1n) is 9.50. The minimum absolute atomic E-state index is 0.0561. The molecule has 0 unspecified atom stereocenters. The third-order valence-electron chi connectivity index (χ3n) is 4.80. The number of nitrogens with one attached hydrogen (secondary N) is 4. The summed E-state index contributed by atoms with van der Waals surface area (Å²) in [4.78, 5) is 24.4. The van der Waals surface area contributed by atoms with Crippen molar-refractivity contribution in [3.8, 4) is 0 Å². The van der Waals surface area contributed by atoms with Crippen LogP contribution in [-0.4, -0.2) is 33.4 Å². The lowest BCUT2D eigenvalue weighted by Crippen LogP contribution is -2.27. The summed E-state index contributed by atoms with van der Waals surface area (Å²) in [5.41, 5.74) is 2.27. The third-order valence-corrected chi connectivity index (χ3v) is 4.80. The lowest BCUT2D eigenvalue weighted by molar-refractivity contribution is 0.0953. The summed E-state index contributed by atoms with van der Waals surface area (Å²) < 4.78 is 0. The Bertz CT molecular complexity index is 929. The normalized spacial score (nSPS) is 14.0. The van der Waals surface area contributed by atoms with Crippen molar-refractivity contribution in [1.82, 2.24) is 20.3 Å². The summed E-state index contributed by atoms with van der Waals surface area (Å²) in [6, 6.07) is 9.81. The summed E-state index contributed by atoms with van der Waals surface area (Å²) in [7, 11) is 0. The van der Waals surface area contributed by atoms with Gasteiger partial charge in [0.2, 0.25) is 5.95 Å². The van der Waals surface area contributed by atoms with Crippen LogP contribution in [0.25, 0.3) is 11.0 Å². The smallest absolute Gasteiger partial charge is 0.251 e. The number of carbonyl (C=O) groups is 1. The molecule has 2 aromatic heterocycles. The lowest BCUT2D eigenvalue weighted by Gasteiger charge is -2.27. The quantitative estimate of drug-likeness (QED) is 0.511. The molecule has 0 aliphatic heterocycles. The highest BCUT2D eigenvalue weighted by Gasteiger charge is 2.19. The monoisotopic (exact) mass is 364 g/mol. The van der Waals surface area contributed by atoms with Gasteiger partial charge in [-0.2, -0.15) is 9.97 Å². The molecule has 7 nitrogen and oxygen atoms in total. The van der Waals surface area contributed by atoms with E-state index in [1.54, 1.807) is 12.1 Å². The molecule has 1 amide bonds. The first-order chi connectivity index (χ1) is 13.2. The van der Waals surface area contributed by atoms with Gasteiger partial charge in [0.25, 0.3) is 5.91 Å². The molecule has 1 saturated carbocycles. The Morgan fingerprint density at radius 3 is 2.70 bits per heavy atom. The molecule has 4 N–H and O–H groups in total. The Morgan fingerprint density at radius 1 is 1.19 bits per heavy atom. The number of nitrogens with zero attached hydrogens (tertiary/aromatic N) is 2. The summed E-state index contributed by atoms with van der Waals surface area (Å²) in [5, 5.41) is 10.6. The second-order valence-corrected chi connectivity index (χ2v) is 6.87. The van der Waals surface area contributed by atoms with E-state index in [0.29, 0.717) is 24.1 Å². The van der Waals surface area contributed by atoms with Gasteiger partial charge in [-0.25, -0.2) is 0 Å². The van der Waals surface area contributed by atoms with Gasteiger partial charge in [-0.1, -0.05) is 6.92 Å². The predicted molar refractivity (Wildman–Crippen MR) is 107 cm³/mol. The van der Waals surface area contributed by atoms with E-state index in [4.69, 9.17) is 0 Å². The van der Waals surface area contributed by atoms with Gasteiger partial charge in [0, 0.05) is 30.0 Å². The van der Waals surface area contributed by atoms with Gasteiger partial charge < -0.3 is 20.9 Å². The molecule has 1 aliphatic rings. The highest BCUT2D eigenvalue weighted by atomic mass is 16.1. The minimum Gasteiger partial charge on any atom is -0.367 e. The Morgan fingerprint density at radius 2 is 2.00 bits per heavy atom.